The lowest BCUT2D eigenvalue weighted by molar-refractivity contribution is -0.131. The summed E-state index contributed by atoms with van der Waals surface area (Å²) in [6.45, 7) is 0.831. The zero-order valence-electron chi connectivity index (χ0n) is 18.0. The molecule has 168 valence electrons. The van der Waals surface area contributed by atoms with Crippen LogP contribution in [0.1, 0.15) is 61.7 Å². The highest BCUT2D eigenvalue weighted by molar-refractivity contribution is 5.94. The molecule has 0 unspecified atom stereocenters. The third-order valence-corrected chi connectivity index (χ3v) is 7.22. The first-order valence-electron chi connectivity index (χ1n) is 11.5. The van der Waals surface area contributed by atoms with Crippen molar-refractivity contribution in [2.24, 2.45) is 23.2 Å². The van der Waals surface area contributed by atoms with Crippen LogP contribution in [0.15, 0.2) is 24.3 Å². The van der Waals surface area contributed by atoms with Crippen molar-refractivity contribution in [2.75, 3.05) is 19.6 Å². The normalized spacial score (nSPS) is 28.2. The fraction of sp³-hybridized carbons (Fsp3) is 0.625. The molecule has 7 heteroatoms. The molecule has 0 atom stereocenters. The van der Waals surface area contributed by atoms with E-state index in [-0.39, 0.29) is 35.4 Å². The summed E-state index contributed by atoms with van der Waals surface area (Å²) in [5, 5.41) is 17.7. The van der Waals surface area contributed by atoms with Crippen LogP contribution in [-0.2, 0) is 9.59 Å². The Morgan fingerprint density at radius 3 is 2.19 bits per heavy atom. The molecule has 4 bridgehead atoms. The van der Waals surface area contributed by atoms with Crippen LogP contribution in [0, 0.1) is 23.2 Å². The quantitative estimate of drug-likeness (QED) is 0.454. The molecule has 0 aromatic heterocycles. The van der Waals surface area contributed by atoms with Crippen molar-refractivity contribution < 1.29 is 19.5 Å². The predicted octanol–water partition coefficient (Wildman–Crippen LogP) is 2.35. The van der Waals surface area contributed by atoms with Gasteiger partial charge in [-0.25, -0.2) is 0 Å². The van der Waals surface area contributed by atoms with E-state index in [4.69, 9.17) is 0 Å². The summed E-state index contributed by atoms with van der Waals surface area (Å²) in [5.41, 5.74) is 0.578. The number of hydrogen-bond acceptors (Lipinski definition) is 4. The summed E-state index contributed by atoms with van der Waals surface area (Å²) < 4.78 is 0. The lowest BCUT2D eigenvalue weighted by atomic mass is 9.49. The Hall–Kier alpha value is -2.57. The van der Waals surface area contributed by atoms with Crippen LogP contribution in [0.5, 0.6) is 5.75 Å². The van der Waals surface area contributed by atoms with E-state index in [1.807, 2.05) is 0 Å². The van der Waals surface area contributed by atoms with Crippen LogP contribution in [0.3, 0.4) is 0 Å². The maximum atomic E-state index is 12.5. The number of nitrogens with one attached hydrogen (secondary N) is 3. The number of carbonyl (C=O) groups is 3. The molecule has 3 amide bonds. The molecule has 0 heterocycles. The second kappa shape index (κ2) is 9.28. The summed E-state index contributed by atoms with van der Waals surface area (Å²) in [4.78, 5) is 36.5. The van der Waals surface area contributed by atoms with Gasteiger partial charge in [0, 0.05) is 25.1 Å². The highest BCUT2D eigenvalue weighted by Crippen LogP contribution is 2.61. The second-order valence-electron chi connectivity index (χ2n) is 9.88. The molecule has 0 aliphatic heterocycles. The highest BCUT2D eigenvalue weighted by atomic mass is 16.3. The van der Waals surface area contributed by atoms with Gasteiger partial charge in [0.2, 0.25) is 11.8 Å². The van der Waals surface area contributed by atoms with Crippen molar-refractivity contribution in [3.63, 3.8) is 0 Å². The third kappa shape index (κ3) is 5.57. The first-order chi connectivity index (χ1) is 14.9. The van der Waals surface area contributed by atoms with Gasteiger partial charge in [0.25, 0.3) is 5.91 Å². The van der Waals surface area contributed by atoms with Crippen molar-refractivity contribution >= 4 is 17.7 Å². The zero-order chi connectivity index (χ0) is 21.8. The van der Waals surface area contributed by atoms with Crippen LogP contribution in [-0.4, -0.2) is 42.5 Å². The van der Waals surface area contributed by atoms with E-state index in [9.17, 15) is 19.5 Å². The summed E-state index contributed by atoms with van der Waals surface area (Å²) in [6.07, 6.45) is 8.78. The molecule has 31 heavy (non-hydrogen) atoms. The van der Waals surface area contributed by atoms with Crippen LogP contribution in [0.4, 0.5) is 0 Å². The average Bonchev–Trinajstić information content (AvgIpc) is 2.70. The van der Waals surface area contributed by atoms with Gasteiger partial charge in [0.15, 0.2) is 0 Å². The van der Waals surface area contributed by atoms with E-state index in [1.165, 1.54) is 50.7 Å². The Bertz CT molecular complexity index is 803. The molecule has 4 saturated carbocycles. The average molecular weight is 428 g/mol. The maximum Gasteiger partial charge on any atom is 0.251 e. The second-order valence-corrected chi connectivity index (χ2v) is 9.88. The smallest absolute Gasteiger partial charge is 0.251 e. The van der Waals surface area contributed by atoms with Crippen molar-refractivity contribution in [1.29, 1.82) is 0 Å². The summed E-state index contributed by atoms with van der Waals surface area (Å²) in [5.74, 6) is 2.01. The largest absolute Gasteiger partial charge is 0.508 e. The third-order valence-electron chi connectivity index (χ3n) is 7.22. The number of aromatic hydroxyl groups is 1. The van der Waals surface area contributed by atoms with Gasteiger partial charge in [-0.1, -0.05) is 6.07 Å². The standard InChI is InChI=1S/C24H33N3O4/c28-20-4-1-3-19(10-20)23(31)26-6-2-5-25-22(30)15-27-21(29)14-24-11-16-7-17(12-24)9-18(8-16)13-24/h1,3-4,10,16-18,28H,2,5-9,11-15H2,(H,25,30)(H,26,31)(H,27,29). The van der Waals surface area contributed by atoms with Gasteiger partial charge in [-0.2, -0.15) is 0 Å². The first-order valence-corrected chi connectivity index (χ1v) is 11.5. The monoisotopic (exact) mass is 427 g/mol. The molecule has 4 fully saturated rings. The van der Waals surface area contributed by atoms with Gasteiger partial charge in [0.1, 0.15) is 5.75 Å². The molecule has 0 saturated heterocycles. The van der Waals surface area contributed by atoms with E-state index in [0.29, 0.717) is 31.5 Å². The van der Waals surface area contributed by atoms with Gasteiger partial charge in [-0.05, 0) is 86.3 Å². The molecule has 4 aliphatic rings. The van der Waals surface area contributed by atoms with Gasteiger partial charge in [-0.3, -0.25) is 14.4 Å². The minimum atomic E-state index is -0.265. The van der Waals surface area contributed by atoms with Crippen LogP contribution < -0.4 is 16.0 Å². The Morgan fingerprint density at radius 1 is 0.903 bits per heavy atom. The Labute approximate surface area is 183 Å². The molecule has 7 nitrogen and oxygen atoms in total. The predicted molar refractivity (Wildman–Crippen MR) is 116 cm³/mol. The fourth-order valence-electron chi connectivity index (χ4n) is 6.42. The summed E-state index contributed by atoms with van der Waals surface area (Å²) >= 11 is 0. The fourth-order valence-corrected chi connectivity index (χ4v) is 6.42. The molecule has 4 aliphatic carbocycles. The first kappa shape index (κ1) is 21.7. The van der Waals surface area contributed by atoms with Gasteiger partial charge in [-0.15, -0.1) is 0 Å². The minimum absolute atomic E-state index is 0.000844. The summed E-state index contributed by atoms with van der Waals surface area (Å²) in [6, 6.07) is 6.16. The maximum absolute atomic E-state index is 12.5. The number of amides is 3. The lowest BCUT2D eigenvalue weighted by Gasteiger charge is -2.56. The number of carbonyl (C=O) groups excluding carboxylic acids is 3. The highest BCUT2D eigenvalue weighted by Gasteiger charge is 2.51. The number of phenolic OH excluding ortho intramolecular Hbond substituents is 1. The van der Waals surface area contributed by atoms with E-state index < -0.39 is 0 Å². The van der Waals surface area contributed by atoms with Crippen molar-refractivity contribution in [3.05, 3.63) is 29.8 Å². The SMILES string of the molecule is O=C(CNC(=O)CC12CC3CC(CC(C3)C1)C2)NCCCNC(=O)c1cccc(O)c1. The number of hydrogen-bond donors (Lipinski definition) is 4. The topological polar surface area (TPSA) is 108 Å². The van der Waals surface area contributed by atoms with Crippen molar-refractivity contribution in [1.82, 2.24) is 16.0 Å². The van der Waals surface area contributed by atoms with Crippen LogP contribution in [0.2, 0.25) is 0 Å². The van der Waals surface area contributed by atoms with Gasteiger partial charge >= 0.3 is 0 Å². The Kier molecular flexibility index (Phi) is 6.49. The molecular weight excluding hydrogens is 394 g/mol. The number of benzene rings is 1. The Balaban J connectivity index is 1.09. The van der Waals surface area contributed by atoms with Crippen LogP contribution >= 0.6 is 0 Å². The van der Waals surface area contributed by atoms with Gasteiger partial charge in [0.05, 0.1) is 6.54 Å². The summed E-state index contributed by atoms with van der Waals surface area (Å²) in [7, 11) is 0. The minimum Gasteiger partial charge on any atom is -0.508 e. The zero-order valence-corrected chi connectivity index (χ0v) is 18.0. The molecule has 4 N–H and O–H groups in total. The van der Waals surface area contributed by atoms with E-state index in [2.05, 4.69) is 16.0 Å². The molecule has 0 radical (unpaired) electrons. The van der Waals surface area contributed by atoms with Gasteiger partial charge < -0.3 is 21.1 Å². The van der Waals surface area contributed by atoms with Crippen molar-refractivity contribution in [3.8, 4) is 5.75 Å². The number of phenols is 1. The van der Waals surface area contributed by atoms with E-state index >= 15 is 0 Å². The van der Waals surface area contributed by atoms with Crippen molar-refractivity contribution in [2.45, 2.75) is 51.4 Å². The molecule has 1 aromatic rings. The lowest BCUT2D eigenvalue weighted by Crippen LogP contribution is -2.48. The van der Waals surface area contributed by atoms with Crippen LogP contribution in [0.25, 0.3) is 0 Å². The Morgan fingerprint density at radius 2 is 1.55 bits per heavy atom. The molecule has 5 rings (SSSR count). The van der Waals surface area contributed by atoms with E-state index in [0.717, 1.165) is 17.8 Å². The molecule has 1 aromatic carbocycles. The van der Waals surface area contributed by atoms with E-state index in [1.54, 1.807) is 12.1 Å². The number of rotatable bonds is 9. The molecular formula is C24H33N3O4. The molecule has 0 spiro atoms.